The summed E-state index contributed by atoms with van der Waals surface area (Å²) in [4.78, 5) is 15.3. The molecule has 3 nitrogen and oxygen atoms in total. The molecule has 0 saturated carbocycles. The molecule has 1 rings (SSSR count). The van der Waals surface area contributed by atoms with Gasteiger partial charge in [0.2, 0.25) is 0 Å². The van der Waals surface area contributed by atoms with Crippen LogP contribution in [0, 0.1) is 0 Å². The summed E-state index contributed by atoms with van der Waals surface area (Å²) in [6.07, 6.45) is -2.21. The molecular weight excluding hydrogens is 267 g/mol. The minimum absolute atomic E-state index is 0.212. The molecule has 102 valence electrons. The number of esters is 1. The van der Waals surface area contributed by atoms with Crippen LogP contribution in [0.5, 0.6) is 0 Å². The molecule has 0 aromatic carbocycles. The number of rotatable bonds is 5. The van der Waals surface area contributed by atoms with Crippen LogP contribution in [0.25, 0.3) is 0 Å². The zero-order valence-corrected chi connectivity index (χ0v) is 10.9. The van der Waals surface area contributed by atoms with Crippen molar-refractivity contribution in [3.05, 3.63) is 16.1 Å². The number of alkyl halides is 3. The maximum atomic E-state index is 12.4. The first-order valence-corrected chi connectivity index (χ1v) is 6.41. The highest BCUT2D eigenvalue weighted by atomic mass is 32.1. The van der Waals surface area contributed by atoms with Crippen molar-refractivity contribution in [2.45, 2.75) is 38.8 Å². The van der Waals surface area contributed by atoms with Crippen molar-refractivity contribution in [3.63, 3.8) is 0 Å². The number of ether oxygens (including phenoxy) is 1. The predicted molar refractivity (Wildman–Crippen MR) is 61.4 cm³/mol. The van der Waals surface area contributed by atoms with Gasteiger partial charge in [-0.25, -0.2) is 4.98 Å². The first-order valence-electron chi connectivity index (χ1n) is 5.59. The smallest absolute Gasteiger partial charge is 0.443 e. The van der Waals surface area contributed by atoms with E-state index in [0.717, 1.165) is 6.20 Å². The molecule has 0 aliphatic carbocycles. The van der Waals surface area contributed by atoms with Crippen LogP contribution in [0.3, 0.4) is 0 Å². The summed E-state index contributed by atoms with van der Waals surface area (Å²) in [6.45, 7) is 3.73. The Labute approximate surface area is 107 Å². The van der Waals surface area contributed by atoms with Gasteiger partial charge in [-0.2, -0.15) is 13.2 Å². The average molecular weight is 281 g/mol. The number of halogens is 3. The van der Waals surface area contributed by atoms with Gasteiger partial charge in [-0.3, -0.25) is 4.79 Å². The fraction of sp³-hybridized carbons (Fsp3) is 0.636. The van der Waals surface area contributed by atoms with Crippen LogP contribution in [0.1, 0.15) is 42.5 Å². The van der Waals surface area contributed by atoms with Gasteiger partial charge < -0.3 is 4.74 Å². The van der Waals surface area contributed by atoms with Crippen molar-refractivity contribution in [2.75, 3.05) is 6.61 Å². The molecule has 0 fully saturated rings. The van der Waals surface area contributed by atoms with E-state index in [2.05, 4.69) is 4.98 Å². The minimum Gasteiger partial charge on any atom is -0.465 e. The maximum Gasteiger partial charge on any atom is 0.443 e. The van der Waals surface area contributed by atoms with Gasteiger partial charge in [-0.1, -0.05) is 13.3 Å². The molecule has 0 N–H and O–H groups in total. The summed E-state index contributed by atoms with van der Waals surface area (Å²) in [5.74, 6) is -1.14. The highest BCUT2D eigenvalue weighted by Gasteiger charge is 2.36. The van der Waals surface area contributed by atoms with Crippen LogP contribution >= 0.6 is 11.3 Å². The van der Waals surface area contributed by atoms with Crippen LogP contribution in [0.15, 0.2) is 6.20 Å². The number of hydrogen-bond donors (Lipinski definition) is 0. The molecule has 1 heterocycles. The van der Waals surface area contributed by atoms with Crippen LogP contribution in [-0.2, 0) is 15.7 Å². The lowest BCUT2D eigenvalue weighted by Crippen LogP contribution is -2.14. The Bertz CT molecular complexity index is 403. The zero-order chi connectivity index (χ0) is 13.8. The quantitative estimate of drug-likeness (QED) is 0.774. The molecule has 18 heavy (non-hydrogen) atoms. The van der Waals surface area contributed by atoms with Crippen LogP contribution < -0.4 is 0 Å². The second kappa shape index (κ2) is 6.17. The molecular formula is C11H14F3NO2S. The Kier molecular flexibility index (Phi) is 5.13. The molecule has 7 heteroatoms. The number of hydrogen-bond acceptors (Lipinski definition) is 4. The monoisotopic (exact) mass is 281 g/mol. The van der Waals surface area contributed by atoms with E-state index >= 15 is 0 Å². The average Bonchev–Trinajstić information content (AvgIpc) is 2.74. The van der Waals surface area contributed by atoms with Crippen LogP contribution in [-0.4, -0.2) is 17.6 Å². The fourth-order valence-electron chi connectivity index (χ4n) is 1.49. The molecule has 1 aromatic heterocycles. The SMILES string of the molecule is CCCC(C(=O)OCC)c1cnc(C(F)(F)F)s1. The van der Waals surface area contributed by atoms with Crippen molar-refractivity contribution in [2.24, 2.45) is 0 Å². The van der Waals surface area contributed by atoms with E-state index < -0.39 is 23.1 Å². The third kappa shape index (κ3) is 3.69. The first kappa shape index (κ1) is 14.9. The number of carbonyl (C=O) groups is 1. The van der Waals surface area contributed by atoms with Gasteiger partial charge in [0.05, 0.1) is 12.5 Å². The predicted octanol–water partition coefficient (Wildman–Crippen LogP) is 3.61. The van der Waals surface area contributed by atoms with Gasteiger partial charge >= 0.3 is 12.1 Å². The van der Waals surface area contributed by atoms with Crippen LogP contribution in [0.4, 0.5) is 13.2 Å². The Balaban J connectivity index is 2.92. The van der Waals surface area contributed by atoms with Crippen molar-refractivity contribution in [1.29, 1.82) is 0 Å². The van der Waals surface area contributed by atoms with Crippen molar-refractivity contribution in [3.8, 4) is 0 Å². The van der Waals surface area contributed by atoms with Crippen molar-refractivity contribution in [1.82, 2.24) is 4.98 Å². The number of aromatic nitrogens is 1. The normalized spacial score (nSPS) is 13.4. The van der Waals surface area contributed by atoms with Gasteiger partial charge in [0.25, 0.3) is 0 Å². The van der Waals surface area contributed by atoms with Crippen molar-refractivity contribution >= 4 is 17.3 Å². The highest BCUT2D eigenvalue weighted by molar-refractivity contribution is 7.11. The third-order valence-corrected chi connectivity index (χ3v) is 3.41. The molecule has 0 bridgehead atoms. The molecule has 1 unspecified atom stereocenters. The standard InChI is InChI=1S/C11H14F3NO2S/c1-3-5-7(9(16)17-4-2)8-6-15-10(18-8)11(12,13)14/h6-7H,3-5H2,1-2H3. The zero-order valence-electron chi connectivity index (χ0n) is 10.1. The topological polar surface area (TPSA) is 39.2 Å². The summed E-state index contributed by atoms with van der Waals surface area (Å²) < 4.78 is 42.2. The van der Waals surface area contributed by atoms with E-state index in [9.17, 15) is 18.0 Å². The maximum absolute atomic E-state index is 12.4. The summed E-state index contributed by atoms with van der Waals surface area (Å²) in [5, 5.41) is -0.928. The summed E-state index contributed by atoms with van der Waals surface area (Å²) in [6, 6.07) is 0. The van der Waals surface area contributed by atoms with Gasteiger partial charge in [0.1, 0.15) is 0 Å². The lowest BCUT2D eigenvalue weighted by atomic mass is 10.0. The Hall–Kier alpha value is -1.11. The second-order valence-electron chi connectivity index (χ2n) is 3.66. The molecule has 1 atom stereocenters. The molecule has 0 spiro atoms. The summed E-state index contributed by atoms with van der Waals surface area (Å²) in [7, 11) is 0. The van der Waals surface area contributed by atoms with E-state index in [-0.39, 0.29) is 6.61 Å². The minimum atomic E-state index is -4.46. The van der Waals surface area contributed by atoms with Crippen LogP contribution in [0.2, 0.25) is 0 Å². The van der Waals surface area contributed by atoms with Gasteiger partial charge in [0, 0.05) is 11.1 Å². The summed E-state index contributed by atoms with van der Waals surface area (Å²) in [5.41, 5.74) is 0. The molecule has 0 saturated heterocycles. The largest absolute Gasteiger partial charge is 0.465 e. The summed E-state index contributed by atoms with van der Waals surface area (Å²) >= 11 is 0.505. The Morgan fingerprint density at radius 3 is 2.61 bits per heavy atom. The molecule has 1 aromatic rings. The van der Waals surface area contributed by atoms with Crippen molar-refractivity contribution < 1.29 is 22.7 Å². The van der Waals surface area contributed by atoms with Gasteiger partial charge in [-0.05, 0) is 13.3 Å². The van der Waals surface area contributed by atoms with E-state index in [1.54, 1.807) is 6.92 Å². The first-order chi connectivity index (χ1) is 8.40. The molecule has 0 aliphatic heterocycles. The molecule has 0 radical (unpaired) electrons. The van der Waals surface area contributed by atoms with E-state index in [4.69, 9.17) is 4.74 Å². The Morgan fingerprint density at radius 1 is 1.50 bits per heavy atom. The molecule has 0 aliphatic rings. The highest BCUT2D eigenvalue weighted by Crippen LogP contribution is 2.36. The fourth-order valence-corrected chi connectivity index (χ4v) is 2.39. The van der Waals surface area contributed by atoms with E-state index in [1.807, 2.05) is 6.92 Å². The number of thiazole rings is 1. The lowest BCUT2D eigenvalue weighted by molar-refractivity contribution is -0.145. The number of nitrogens with zero attached hydrogens (tertiary/aromatic N) is 1. The van der Waals surface area contributed by atoms with E-state index in [1.165, 1.54) is 0 Å². The van der Waals surface area contributed by atoms with Gasteiger partial charge in [-0.15, -0.1) is 11.3 Å². The lowest BCUT2D eigenvalue weighted by Gasteiger charge is -2.12. The Morgan fingerprint density at radius 2 is 2.17 bits per heavy atom. The third-order valence-electron chi connectivity index (χ3n) is 2.26. The van der Waals surface area contributed by atoms with E-state index in [0.29, 0.717) is 29.1 Å². The number of carbonyl (C=O) groups excluding carboxylic acids is 1. The van der Waals surface area contributed by atoms with Gasteiger partial charge in [0.15, 0.2) is 5.01 Å². The second-order valence-corrected chi connectivity index (χ2v) is 4.72. The molecule has 0 amide bonds.